The summed E-state index contributed by atoms with van der Waals surface area (Å²) >= 11 is 1.39. The maximum atomic E-state index is 5.63. The summed E-state index contributed by atoms with van der Waals surface area (Å²) in [6, 6.07) is 3.93. The van der Waals surface area contributed by atoms with E-state index in [1.54, 1.807) is 12.5 Å². The number of hydrogen-bond donors (Lipinski definition) is 1. The maximum Gasteiger partial charge on any atom is 0.261 e. The zero-order valence-electron chi connectivity index (χ0n) is 8.30. The fourth-order valence-corrected chi connectivity index (χ4v) is 2.00. The van der Waals surface area contributed by atoms with E-state index < -0.39 is 0 Å². The summed E-state index contributed by atoms with van der Waals surface area (Å²) in [6.07, 6.45) is 3.15. The van der Waals surface area contributed by atoms with Crippen LogP contribution in [0.4, 0.5) is 0 Å². The molecule has 0 unspecified atom stereocenters. The van der Waals surface area contributed by atoms with Gasteiger partial charge in [-0.25, -0.2) is 9.97 Å². The second-order valence-electron chi connectivity index (χ2n) is 3.02. The maximum absolute atomic E-state index is 5.63. The minimum atomic E-state index is 0.469. The largest absolute Gasteiger partial charge is 0.440 e. The molecule has 2 N–H and O–H groups in total. The van der Waals surface area contributed by atoms with Gasteiger partial charge in [-0.05, 0) is 30.3 Å². The fourth-order valence-electron chi connectivity index (χ4n) is 1.15. The Balaban J connectivity index is 2.30. The Morgan fingerprint density at radius 3 is 3.00 bits per heavy atom. The van der Waals surface area contributed by atoms with Gasteiger partial charge in [0.2, 0.25) is 0 Å². The summed E-state index contributed by atoms with van der Waals surface area (Å²) in [5, 5.41) is 1.45. The van der Waals surface area contributed by atoms with Crippen LogP contribution in [0.2, 0.25) is 0 Å². The van der Waals surface area contributed by atoms with E-state index in [2.05, 4.69) is 9.97 Å². The Hall–Kier alpha value is -1.33. The molecule has 2 aromatic heterocycles. The van der Waals surface area contributed by atoms with E-state index in [9.17, 15) is 0 Å². The minimum Gasteiger partial charge on any atom is -0.440 e. The molecule has 4 nitrogen and oxygen atoms in total. The molecule has 0 aliphatic carbocycles. The van der Waals surface area contributed by atoms with Gasteiger partial charge in [0.1, 0.15) is 11.3 Å². The molecule has 5 heteroatoms. The van der Waals surface area contributed by atoms with Crippen molar-refractivity contribution >= 4 is 11.8 Å². The SMILES string of the molecule is Cc1ccc(CN)c(Sc2ncco2)n1. The van der Waals surface area contributed by atoms with Gasteiger partial charge in [0.15, 0.2) is 0 Å². The first-order chi connectivity index (χ1) is 7.29. The number of pyridine rings is 1. The van der Waals surface area contributed by atoms with Crippen molar-refractivity contribution < 1.29 is 4.42 Å². The Labute approximate surface area is 91.9 Å². The number of aromatic nitrogens is 2. The van der Waals surface area contributed by atoms with E-state index >= 15 is 0 Å². The summed E-state index contributed by atoms with van der Waals surface area (Å²) in [5.41, 5.74) is 7.59. The van der Waals surface area contributed by atoms with Crippen LogP contribution in [0.3, 0.4) is 0 Å². The summed E-state index contributed by atoms with van der Waals surface area (Å²) in [4.78, 5) is 8.43. The molecule has 78 valence electrons. The van der Waals surface area contributed by atoms with Gasteiger partial charge in [-0.1, -0.05) is 6.07 Å². The number of oxazole rings is 1. The highest BCUT2D eigenvalue weighted by Gasteiger charge is 2.08. The number of nitrogens with zero attached hydrogens (tertiary/aromatic N) is 2. The van der Waals surface area contributed by atoms with Gasteiger partial charge in [0, 0.05) is 12.2 Å². The molecule has 0 saturated carbocycles. The molecule has 2 rings (SSSR count). The molecule has 0 radical (unpaired) electrons. The molecule has 0 saturated heterocycles. The first-order valence-corrected chi connectivity index (χ1v) is 5.35. The lowest BCUT2D eigenvalue weighted by molar-refractivity contribution is 0.454. The van der Waals surface area contributed by atoms with E-state index in [0.29, 0.717) is 11.8 Å². The third-order valence-electron chi connectivity index (χ3n) is 1.89. The molecular weight excluding hydrogens is 210 g/mol. The third kappa shape index (κ3) is 2.37. The zero-order valence-corrected chi connectivity index (χ0v) is 9.12. The van der Waals surface area contributed by atoms with E-state index in [0.717, 1.165) is 16.3 Å². The predicted octanol–water partition coefficient (Wildman–Crippen LogP) is 1.99. The number of hydrogen-bond acceptors (Lipinski definition) is 5. The predicted molar refractivity (Wildman–Crippen MR) is 57.5 cm³/mol. The second-order valence-corrected chi connectivity index (χ2v) is 3.96. The Morgan fingerprint density at radius 1 is 1.47 bits per heavy atom. The van der Waals surface area contributed by atoms with Gasteiger partial charge < -0.3 is 10.2 Å². The summed E-state index contributed by atoms with van der Waals surface area (Å²) < 4.78 is 5.15. The van der Waals surface area contributed by atoms with Crippen molar-refractivity contribution in [2.24, 2.45) is 5.73 Å². The van der Waals surface area contributed by atoms with Crippen LogP contribution in [0.5, 0.6) is 0 Å². The lowest BCUT2D eigenvalue weighted by Gasteiger charge is -2.04. The standard InChI is InChI=1S/C10H11N3OS/c1-7-2-3-8(6-11)9(13-7)15-10-12-4-5-14-10/h2-5H,6,11H2,1H3. The molecule has 0 spiro atoms. The average molecular weight is 221 g/mol. The highest BCUT2D eigenvalue weighted by atomic mass is 32.2. The van der Waals surface area contributed by atoms with Crippen LogP contribution in [-0.4, -0.2) is 9.97 Å². The molecule has 2 aromatic rings. The van der Waals surface area contributed by atoms with Crippen molar-refractivity contribution in [2.75, 3.05) is 0 Å². The Kier molecular flexibility index (Phi) is 3.03. The topological polar surface area (TPSA) is 64.9 Å². The van der Waals surface area contributed by atoms with Crippen molar-refractivity contribution in [1.82, 2.24) is 9.97 Å². The highest BCUT2D eigenvalue weighted by molar-refractivity contribution is 7.99. The van der Waals surface area contributed by atoms with Gasteiger partial charge >= 0.3 is 0 Å². The Morgan fingerprint density at radius 2 is 2.33 bits per heavy atom. The summed E-state index contributed by atoms with van der Waals surface area (Å²) in [5.74, 6) is 0. The van der Waals surface area contributed by atoms with Crippen LogP contribution >= 0.6 is 11.8 Å². The van der Waals surface area contributed by atoms with Crippen LogP contribution in [0.15, 0.2) is 39.3 Å². The summed E-state index contributed by atoms with van der Waals surface area (Å²) in [6.45, 7) is 2.41. The number of aryl methyl sites for hydroxylation is 1. The highest BCUT2D eigenvalue weighted by Crippen LogP contribution is 2.27. The van der Waals surface area contributed by atoms with Gasteiger partial charge in [-0.2, -0.15) is 0 Å². The van der Waals surface area contributed by atoms with Crippen molar-refractivity contribution in [3.8, 4) is 0 Å². The van der Waals surface area contributed by atoms with E-state index in [4.69, 9.17) is 10.2 Å². The molecule has 2 heterocycles. The minimum absolute atomic E-state index is 0.469. The molecule has 0 atom stereocenters. The first kappa shape index (κ1) is 10.2. The van der Waals surface area contributed by atoms with Crippen molar-refractivity contribution in [2.45, 2.75) is 23.7 Å². The van der Waals surface area contributed by atoms with Crippen LogP contribution in [0.1, 0.15) is 11.3 Å². The number of nitrogens with two attached hydrogens (primary N) is 1. The van der Waals surface area contributed by atoms with Gasteiger partial charge in [0.25, 0.3) is 5.22 Å². The zero-order chi connectivity index (χ0) is 10.7. The molecular formula is C10H11N3OS. The first-order valence-electron chi connectivity index (χ1n) is 4.53. The van der Waals surface area contributed by atoms with E-state index in [1.165, 1.54) is 11.8 Å². The van der Waals surface area contributed by atoms with Crippen molar-refractivity contribution in [3.05, 3.63) is 35.9 Å². The summed E-state index contributed by atoms with van der Waals surface area (Å²) in [7, 11) is 0. The van der Waals surface area contributed by atoms with Crippen molar-refractivity contribution in [1.29, 1.82) is 0 Å². The molecule has 0 aromatic carbocycles. The quantitative estimate of drug-likeness (QED) is 0.858. The van der Waals surface area contributed by atoms with Crippen LogP contribution < -0.4 is 5.73 Å². The van der Waals surface area contributed by atoms with Gasteiger partial charge in [0.05, 0.1) is 6.20 Å². The van der Waals surface area contributed by atoms with E-state index in [-0.39, 0.29) is 0 Å². The molecule has 0 fully saturated rings. The van der Waals surface area contributed by atoms with Crippen LogP contribution in [0.25, 0.3) is 0 Å². The Bertz CT molecular complexity index is 442. The normalized spacial score (nSPS) is 10.5. The fraction of sp³-hybridized carbons (Fsp3) is 0.200. The molecule has 0 aliphatic heterocycles. The monoisotopic (exact) mass is 221 g/mol. The average Bonchev–Trinajstić information content (AvgIpc) is 2.71. The number of rotatable bonds is 3. The van der Waals surface area contributed by atoms with Crippen LogP contribution in [-0.2, 0) is 6.54 Å². The van der Waals surface area contributed by atoms with Gasteiger partial charge in [-0.3, -0.25) is 0 Å². The van der Waals surface area contributed by atoms with Gasteiger partial charge in [-0.15, -0.1) is 0 Å². The van der Waals surface area contributed by atoms with Crippen molar-refractivity contribution in [3.63, 3.8) is 0 Å². The van der Waals surface area contributed by atoms with E-state index in [1.807, 2.05) is 19.1 Å². The lowest BCUT2D eigenvalue weighted by atomic mass is 10.2. The van der Waals surface area contributed by atoms with Crippen LogP contribution in [0, 0.1) is 6.92 Å². The second kappa shape index (κ2) is 4.46. The third-order valence-corrected chi connectivity index (χ3v) is 2.81. The molecule has 0 amide bonds. The smallest absolute Gasteiger partial charge is 0.261 e. The lowest BCUT2D eigenvalue weighted by Crippen LogP contribution is -2.00. The molecule has 15 heavy (non-hydrogen) atoms. The molecule has 0 aliphatic rings. The molecule has 0 bridgehead atoms.